The zero-order valence-electron chi connectivity index (χ0n) is 10.6. The molecule has 2 rings (SSSR count). The Kier molecular flexibility index (Phi) is 4.78. The van der Waals surface area contributed by atoms with Crippen LogP contribution in [0.1, 0.15) is 25.3 Å². The van der Waals surface area contributed by atoms with Gasteiger partial charge in [0.15, 0.2) is 0 Å². The Morgan fingerprint density at radius 2 is 2.28 bits per heavy atom. The minimum Gasteiger partial charge on any atom is -0.372 e. The molecule has 1 aliphatic rings. The second-order valence-corrected chi connectivity index (χ2v) is 5.44. The highest BCUT2D eigenvalue weighted by Gasteiger charge is 2.32. The number of amides is 1. The normalized spacial score (nSPS) is 14.6. The second-order valence-electron chi connectivity index (χ2n) is 4.52. The van der Waals surface area contributed by atoms with E-state index in [-0.39, 0.29) is 12.5 Å². The summed E-state index contributed by atoms with van der Waals surface area (Å²) >= 11 is 3.46. The summed E-state index contributed by atoms with van der Waals surface area (Å²) in [5.74, 6) is 0.0966. The number of carbonyl (C=O) groups is 1. The molecule has 1 aromatic rings. The third kappa shape index (κ3) is 3.82. The first kappa shape index (κ1) is 13.6. The molecule has 18 heavy (non-hydrogen) atoms. The second kappa shape index (κ2) is 6.34. The highest BCUT2D eigenvalue weighted by Crippen LogP contribution is 2.28. The minimum absolute atomic E-state index is 0.0966. The van der Waals surface area contributed by atoms with Gasteiger partial charge >= 0.3 is 0 Å². The Morgan fingerprint density at radius 1 is 1.50 bits per heavy atom. The lowest BCUT2D eigenvalue weighted by molar-refractivity contribution is -0.137. The van der Waals surface area contributed by atoms with E-state index in [2.05, 4.69) is 22.0 Å². The van der Waals surface area contributed by atoms with E-state index in [0.717, 1.165) is 22.9 Å². The van der Waals surface area contributed by atoms with Crippen LogP contribution in [0, 0.1) is 0 Å². The zero-order chi connectivity index (χ0) is 13.0. The molecular formula is C14H18BrNO2. The maximum Gasteiger partial charge on any atom is 0.249 e. The van der Waals surface area contributed by atoms with Crippen LogP contribution in [0.25, 0.3) is 0 Å². The predicted molar refractivity (Wildman–Crippen MR) is 74.2 cm³/mol. The summed E-state index contributed by atoms with van der Waals surface area (Å²) in [5, 5.41) is 0. The van der Waals surface area contributed by atoms with E-state index >= 15 is 0 Å². The Labute approximate surface area is 116 Å². The Morgan fingerprint density at radius 3 is 2.89 bits per heavy atom. The number of hydrogen-bond donors (Lipinski definition) is 0. The lowest BCUT2D eigenvalue weighted by atomic mass is 10.2. The molecule has 1 fully saturated rings. The molecule has 3 nitrogen and oxygen atoms in total. The minimum atomic E-state index is 0.0966. The van der Waals surface area contributed by atoms with Crippen molar-refractivity contribution in [3.05, 3.63) is 34.3 Å². The third-order valence-electron chi connectivity index (χ3n) is 2.98. The van der Waals surface area contributed by atoms with Crippen LogP contribution >= 0.6 is 15.9 Å². The monoisotopic (exact) mass is 311 g/mol. The van der Waals surface area contributed by atoms with Crippen molar-refractivity contribution < 1.29 is 9.53 Å². The van der Waals surface area contributed by atoms with Crippen molar-refractivity contribution >= 4 is 21.8 Å². The molecule has 0 bridgehead atoms. The van der Waals surface area contributed by atoms with E-state index in [0.29, 0.717) is 19.2 Å². The van der Waals surface area contributed by atoms with Gasteiger partial charge in [-0.15, -0.1) is 0 Å². The van der Waals surface area contributed by atoms with Gasteiger partial charge < -0.3 is 9.64 Å². The molecule has 0 spiro atoms. The van der Waals surface area contributed by atoms with Gasteiger partial charge in [0.1, 0.15) is 6.61 Å². The number of carbonyl (C=O) groups excluding carboxylic acids is 1. The largest absolute Gasteiger partial charge is 0.372 e. The average Bonchev–Trinajstić information content (AvgIpc) is 3.17. The van der Waals surface area contributed by atoms with Crippen molar-refractivity contribution in [2.45, 2.75) is 32.4 Å². The number of ether oxygens (including phenoxy) is 1. The van der Waals surface area contributed by atoms with Gasteiger partial charge in [-0.2, -0.15) is 0 Å². The SMILES string of the molecule is CCOCC(=O)N(Cc1cccc(Br)c1)C1CC1. The van der Waals surface area contributed by atoms with Crippen LogP contribution in [-0.2, 0) is 16.1 Å². The fourth-order valence-corrected chi connectivity index (χ4v) is 2.36. The lowest BCUT2D eigenvalue weighted by Crippen LogP contribution is -2.35. The van der Waals surface area contributed by atoms with Crippen molar-refractivity contribution in [2.75, 3.05) is 13.2 Å². The first-order valence-electron chi connectivity index (χ1n) is 6.32. The Bertz CT molecular complexity index is 418. The van der Waals surface area contributed by atoms with Crippen LogP contribution in [0.2, 0.25) is 0 Å². The third-order valence-corrected chi connectivity index (χ3v) is 3.47. The Balaban J connectivity index is 2.00. The fraction of sp³-hybridized carbons (Fsp3) is 0.500. The van der Waals surface area contributed by atoms with Crippen LogP contribution in [0.3, 0.4) is 0 Å². The zero-order valence-corrected chi connectivity index (χ0v) is 12.1. The fourth-order valence-electron chi connectivity index (χ4n) is 1.91. The smallest absolute Gasteiger partial charge is 0.249 e. The van der Waals surface area contributed by atoms with Gasteiger partial charge in [-0.1, -0.05) is 28.1 Å². The maximum absolute atomic E-state index is 12.1. The quantitative estimate of drug-likeness (QED) is 0.808. The van der Waals surface area contributed by atoms with Gasteiger partial charge in [0.2, 0.25) is 5.91 Å². The molecule has 1 aliphatic carbocycles. The predicted octanol–water partition coefficient (Wildman–Crippen LogP) is 2.98. The molecule has 1 amide bonds. The molecule has 0 atom stereocenters. The first-order chi connectivity index (χ1) is 8.70. The molecule has 1 aromatic carbocycles. The Hall–Kier alpha value is -0.870. The van der Waals surface area contributed by atoms with Gasteiger partial charge in [-0.25, -0.2) is 0 Å². The molecular weight excluding hydrogens is 294 g/mol. The van der Waals surface area contributed by atoms with Crippen LogP contribution in [0.15, 0.2) is 28.7 Å². The van der Waals surface area contributed by atoms with Gasteiger partial charge in [0.05, 0.1) is 0 Å². The molecule has 0 unspecified atom stereocenters. The molecule has 0 N–H and O–H groups in total. The summed E-state index contributed by atoms with van der Waals surface area (Å²) in [6.07, 6.45) is 2.23. The maximum atomic E-state index is 12.1. The summed E-state index contributed by atoms with van der Waals surface area (Å²) in [4.78, 5) is 14.0. The molecule has 98 valence electrons. The number of nitrogens with zero attached hydrogens (tertiary/aromatic N) is 1. The van der Waals surface area contributed by atoms with Gasteiger partial charge in [-0.3, -0.25) is 4.79 Å². The summed E-state index contributed by atoms with van der Waals surface area (Å²) in [7, 11) is 0. The number of benzene rings is 1. The molecule has 0 heterocycles. The van der Waals surface area contributed by atoms with E-state index in [4.69, 9.17) is 4.74 Å². The van der Waals surface area contributed by atoms with E-state index in [1.165, 1.54) is 0 Å². The van der Waals surface area contributed by atoms with Crippen LogP contribution < -0.4 is 0 Å². The standard InChI is InChI=1S/C14H18BrNO2/c1-2-18-10-14(17)16(13-6-7-13)9-11-4-3-5-12(15)8-11/h3-5,8,13H,2,6-7,9-10H2,1H3. The summed E-state index contributed by atoms with van der Waals surface area (Å²) in [6.45, 7) is 3.36. The van der Waals surface area contributed by atoms with E-state index in [1.54, 1.807) is 0 Å². The first-order valence-corrected chi connectivity index (χ1v) is 7.11. The number of rotatable bonds is 6. The average molecular weight is 312 g/mol. The molecule has 0 saturated heterocycles. The van der Waals surface area contributed by atoms with Crippen LogP contribution in [0.5, 0.6) is 0 Å². The van der Waals surface area contributed by atoms with E-state index < -0.39 is 0 Å². The van der Waals surface area contributed by atoms with Gasteiger partial charge in [0, 0.05) is 23.7 Å². The highest BCUT2D eigenvalue weighted by molar-refractivity contribution is 9.10. The van der Waals surface area contributed by atoms with Crippen LogP contribution in [-0.4, -0.2) is 30.1 Å². The van der Waals surface area contributed by atoms with Gasteiger partial charge in [-0.05, 0) is 37.5 Å². The lowest BCUT2D eigenvalue weighted by Gasteiger charge is -2.22. The topological polar surface area (TPSA) is 29.5 Å². The van der Waals surface area contributed by atoms with Crippen molar-refractivity contribution in [1.29, 1.82) is 0 Å². The molecule has 0 aromatic heterocycles. The highest BCUT2D eigenvalue weighted by atomic mass is 79.9. The molecule has 0 radical (unpaired) electrons. The van der Waals surface area contributed by atoms with Crippen molar-refractivity contribution in [1.82, 2.24) is 4.90 Å². The number of hydrogen-bond acceptors (Lipinski definition) is 2. The van der Waals surface area contributed by atoms with Crippen LogP contribution in [0.4, 0.5) is 0 Å². The number of halogens is 1. The summed E-state index contributed by atoms with van der Waals surface area (Å²) in [5.41, 5.74) is 1.15. The van der Waals surface area contributed by atoms with Crippen molar-refractivity contribution in [3.8, 4) is 0 Å². The molecule has 0 aliphatic heterocycles. The van der Waals surface area contributed by atoms with Crippen molar-refractivity contribution in [2.24, 2.45) is 0 Å². The van der Waals surface area contributed by atoms with E-state index in [9.17, 15) is 4.79 Å². The molecule has 4 heteroatoms. The van der Waals surface area contributed by atoms with Gasteiger partial charge in [0.25, 0.3) is 0 Å². The van der Waals surface area contributed by atoms with E-state index in [1.807, 2.05) is 30.0 Å². The van der Waals surface area contributed by atoms with Crippen molar-refractivity contribution in [3.63, 3.8) is 0 Å². The summed E-state index contributed by atoms with van der Waals surface area (Å²) in [6, 6.07) is 8.51. The molecule has 1 saturated carbocycles. The summed E-state index contributed by atoms with van der Waals surface area (Å²) < 4.78 is 6.26.